The van der Waals surface area contributed by atoms with E-state index >= 15 is 0 Å². The highest BCUT2D eigenvalue weighted by atomic mass is 35.5. The molecule has 0 aliphatic carbocycles. The molecule has 3 nitrogen and oxygen atoms in total. The summed E-state index contributed by atoms with van der Waals surface area (Å²) in [6, 6.07) is 2.69. The minimum absolute atomic E-state index is 0.000879. The number of carboxylic acids is 1. The van der Waals surface area contributed by atoms with Gasteiger partial charge in [0, 0.05) is 5.02 Å². The van der Waals surface area contributed by atoms with Gasteiger partial charge in [0.1, 0.15) is 6.61 Å². The van der Waals surface area contributed by atoms with Gasteiger partial charge in [0.25, 0.3) is 0 Å². The van der Waals surface area contributed by atoms with Crippen molar-refractivity contribution in [2.75, 3.05) is 6.61 Å². The summed E-state index contributed by atoms with van der Waals surface area (Å²) in [5.74, 6) is -1.99. The lowest BCUT2D eigenvalue weighted by atomic mass is 9.97. The number of benzene rings is 1. The van der Waals surface area contributed by atoms with Gasteiger partial charge in [-0.1, -0.05) is 11.6 Å². The summed E-state index contributed by atoms with van der Waals surface area (Å²) in [6.45, 7) is 0.000879. The molecular formula is C10H8ClFO3. The average Bonchev–Trinajstić information content (AvgIpc) is 2.16. The number of halogens is 2. The quantitative estimate of drug-likeness (QED) is 0.804. The van der Waals surface area contributed by atoms with E-state index in [0.717, 1.165) is 6.07 Å². The highest BCUT2D eigenvalue weighted by Gasteiger charge is 2.27. The van der Waals surface area contributed by atoms with Crippen molar-refractivity contribution < 1.29 is 19.0 Å². The molecule has 1 N–H and O–H groups in total. The first-order chi connectivity index (χ1) is 7.08. The Hall–Kier alpha value is -1.29. The maximum Gasteiger partial charge on any atom is 0.310 e. The number of carboxylic acid groups (broad SMARTS) is 1. The Morgan fingerprint density at radius 3 is 3.00 bits per heavy atom. The SMILES string of the molecule is O=C(O)[C@@H]1COc2c(F)cc(Cl)cc2C1. The summed E-state index contributed by atoms with van der Waals surface area (Å²) in [7, 11) is 0. The van der Waals surface area contributed by atoms with Crippen LogP contribution in [0.5, 0.6) is 5.75 Å². The number of ether oxygens (including phenoxy) is 1. The summed E-state index contributed by atoms with van der Waals surface area (Å²) in [4.78, 5) is 10.7. The molecule has 1 aliphatic rings. The molecule has 1 aromatic carbocycles. The number of carbonyl (C=O) groups is 1. The number of aliphatic carboxylic acids is 1. The molecule has 1 aliphatic heterocycles. The standard InChI is InChI=1S/C10H8ClFO3/c11-7-2-5-1-6(10(13)14)4-15-9(5)8(12)3-7/h2-3,6H,1,4H2,(H,13,14)/t6-/m0/s1. The van der Waals surface area contributed by atoms with Crippen molar-refractivity contribution in [3.63, 3.8) is 0 Å². The minimum Gasteiger partial charge on any atom is -0.489 e. The second-order valence-corrected chi connectivity index (χ2v) is 3.86. The molecule has 1 atom stereocenters. The van der Waals surface area contributed by atoms with Crippen LogP contribution in [0.2, 0.25) is 5.02 Å². The molecule has 1 heterocycles. The molecule has 0 unspecified atom stereocenters. The topological polar surface area (TPSA) is 46.5 Å². The third-order valence-electron chi connectivity index (χ3n) is 2.33. The smallest absolute Gasteiger partial charge is 0.310 e. The van der Waals surface area contributed by atoms with E-state index in [4.69, 9.17) is 21.4 Å². The Labute approximate surface area is 90.4 Å². The Morgan fingerprint density at radius 2 is 2.33 bits per heavy atom. The van der Waals surface area contributed by atoms with Gasteiger partial charge in [0.05, 0.1) is 5.92 Å². The van der Waals surface area contributed by atoms with Crippen molar-refractivity contribution in [3.8, 4) is 5.75 Å². The number of rotatable bonds is 1. The molecule has 0 amide bonds. The van der Waals surface area contributed by atoms with Crippen LogP contribution in [0.15, 0.2) is 12.1 Å². The van der Waals surface area contributed by atoms with E-state index in [0.29, 0.717) is 5.56 Å². The van der Waals surface area contributed by atoms with Crippen LogP contribution in [0.25, 0.3) is 0 Å². The second kappa shape index (κ2) is 3.70. The monoisotopic (exact) mass is 230 g/mol. The summed E-state index contributed by atoms with van der Waals surface area (Å²) < 4.78 is 18.4. The second-order valence-electron chi connectivity index (χ2n) is 3.43. The number of hydrogen-bond acceptors (Lipinski definition) is 2. The van der Waals surface area contributed by atoms with E-state index in [1.165, 1.54) is 6.07 Å². The zero-order valence-corrected chi connectivity index (χ0v) is 8.42. The van der Waals surface area contributed by atoms with Crippen LogP contribution >= 0.6 is 11.6 Å². The highest BCUT2D eigenvalue weighted by Crippen LogP contribution is 2.32. The van der Waals surface area contributed by atoms with Crippen LogP contribution in [0.4, 0.5) is 4.39 Å². The molecule has 2 rings (SSSR count). The summed E-state index contributed by atoms with van der Waals surface area (Å²) in [6.07, 6.45) is 0.252. The molecule has 0 spiro atoms. The molecule has 0 fully saturated rings. The Kier molecular flexibility index (Phi) is 2.52. The molecule has 0 saturated heterocycles. The molecule has 80 valence electrons. The van der Waals surface area contributed by atoms with Gasteiger partial charge in [-0.25, -0.2) is 4.39 Å². The summed E-state index contributed by atoms with van der Waals surface area (Å²) in [5, 5.41) is 9.05. The van der Waals surface area contributed by atoms with Crippen molar-refractivity contribution in [1.82, 2.24) is 0 Å². The third-order valence-corrected chi connectivity index (χ3v) is 2.55. The maximum atomic E-state index is 13.3. The lowest BCUT2D eigenvalue weighted by molar-refractivity contribution is -0.143. The fourth-order valence-corrected chi connectivity index (χ4v) is 1.82. The Bertz CT molecular complexity index is 419. The van der Waals surface area contributed by atoms with Gasteiger partial charge in [-0.3, -0.25) is 4.79 Å². The fraction of sp³-hybridized carbons (Fsp3) is 0.300. The van der Waals surface area contributed by atoms with Crippen LogP contribution in [-0.4, -0.2) is 17.7 Å². The zero-order chi connectivity index (χ0) is 11.0. The Balaban J connectivity index is 2.37. The van der Waals surface area contributed by atoms with Crippen LogP contribution in [0.1, 0.15) is 5.56 Å². The highest BCUT2D eigenvalue weighted by molar-refractivity contribution is 6.30. The van der Waals surface area contributed by atoms with Gasteiger partial charge in [0.15, 0.2) is 11.6 Å². The first-order valence-electron chi connectivity index (χ1n) is 4.41. The lowest BCUT2D eigenvalue weighted by Crippen LogP contribution is -2.28. The molecule has 0 aromatic heterocycles. The summed E-state index contributed by atoms with van der Waals surface area (Å²) in [5.41, 5.74) is 0.513. The minimum atomic E-state index is -0.943. The molecule has 1 aromatic rings. The normalized spacial score (nSPS) is 19.2. The fourth-order valence-electron chi connectivity index (χ4n) is 1.59. The van der Waals surface area contributed by atoms with Gasteiger partial charge in [-0.2, -0.15) is 0 Å². The Morgan fingerprint density at radius 1 is 1.60 bits per heavy atom. The van der Waals surface area contributed by atoms with Crippen molar-refractivity contribution in [3.05, 3.63) is 28.5 Å². The third kappa shape index (κ3) is 1.90. The van der Waals surface area contributed by atoms with E-state index in [-0.39, 0.29) is 23.8 Å². The van der Waals surface area contributed by atoms with E-state index < -0.39 is 17.7 Å². The van der Waals surface area contributed by atoms with Crippen LogP contribution in [0.3, 0.4) is 0 Å². The number of hydrogen-bond donors (Lipinski definition) is 1. The average molecular weight is 231 g/mol. The van der Waals surface area contributed by atoms with Gasteiger partial charge >= 0.3 is 5.97 Å². The van der Waals surface area contributed by atoms with Crippen LogP contribution in [-0.2, 0) is 11.2 Å². The first-order valence-corrected chi connectivity index (χ1v) is 4.79. The van der Waals surface area contributed by atoms with Crippen molar-refractivity contribution in [2.45, 2.75) is 6.42 Å². The van der Waals surface area contributed by atoms with Gasteiger partial charge < -0.3 is 9.84 Å². The lowest BCUT2D eigenvalue weighted by Gasteiger charge is -2.22. The molecule has 0 saturated carbocycles. The van der Waals surface area contributed by atoms with Crippen LogP contribution < -0.4 is 4.74 Å². The molecular weight excluding hydrogens is 223 g/mol. The molecule has 5 heteroatoms. The first kappa shape index (κ1) is 10.2. The number of fused-ring (bicyclic) bond motifs is 1. The van der Waals surface area contributed by atoms with Gasteiger partial charge in [-0.05, 0) is 24.1 Å². The molecule has 0 radical (unpaired) electrons. The van der Waals surface area contributed by atoms with E-state index in [1.54, 1.807) is 0 Å². The van der Waals surface area contributed by atoms with E-state index in [2.05, 4.69) is 0 Å². The van der Waals surface area contributed by atoms with Gasteiger partial charge in [-0.15, -0.1) is 0 Å². The van der Waals surface area contributed by atoms with Crippen LogP contribution in [0, 0.1) is 11.7 Å². The van der Waals surface area contributed by atoms with E-state index in [1.807, 2.05) is 0 Å². The van der Waals surface area contributed by atoms with Crippen molar-refractivity contribution in [1.29, 1.82) is 0 Å². The van der Waals surface area contributed by atoms with Crippen molar-refractivity contribution >= 4 is 17.6 Å². The molecule has 15 heavy (non-hydrogen) atoms. The van der Waals surface area contributed by atoms with E-state index in [9.17, 15) is 9.18 Å². The summed E-state index contributed by atoms with van der Waals surface area (Å²) >= 11 is 5.67. The predicted molar refractivity (Wildman–Crippen MR) is 51.7 cm³/mol. The maximum absolute atomic E-state index is 13.3. The molecule has 0 bridgehead atoms. The zero-order valence-electron chi connectivity index (χ0n) is 7.67. The largest absolute Gasteiger partial charge is 0.489 e. The van der Waals surface area contributed by atoms with Crippen molar-refractivity contribution in [2.24, 2.45) is 5.92 Å². The van der Waals surface area contributed by atoms with Gasteiger partial charge in [0.2, 0.25) is 0 Å². The predicted octanol–water partition coefficient (Wildman–Crippen LogP) is 2.11.